The third-order valence-corrected chi connectivity index (χ3v) is 3.65. The Morgan fingerprint density at radius 2 is 1.72 bits per heavy atom. The smallest absolute Gasteiger partial charge is 0.239 e. The van der Waals surface area contributed by atoms with E-state index in [0.717, 1.165) is 0 Å². The molecule has 0 unspecified atom stereocenters. The summed E-state index contributed by atoms with van der Waals surface area (Å²) < 4.78 is 10.4. The molecule has 0 saturated carbocycles. The van der Waals surface area contributed by atoms with Crippen molar-refractivity contribution in [3.63, 3.8) is 0 Å². The third-order valence-electron chi connectivity index (χ3n) is 2.87. The SMILES string of the molecule is CN=C(NCCOc1c(Cl)cc(Cl)cc1Cl)NCC(=O)NCCOC. The lowest BCUT2D eigenvalue weighted by atomic mass is 10.3. The minimum absolute atomic E-state index is 0.0963. The van der Waals surface area contributed by atoms with E-state index in [0.29, 0.717) is 53.1 Å². The number of amides is 1. The first-order valence-electron chi connectivity index (χ1n) is 7.45. The molecule has 0 spiro atoms. The van der Waals surface area contributed by atoms with Gasteiger partial charge in [0.05, 0.1) is 29.7 Å². The molecular formula is C15H21Cl3N4O3. The van der Waals surface area contributed by atoms with E-state index in [1.165, 1.54) is 0 Å². The summed E-state index contributed by atoms with van der Waals surface area (Å²) in [6.45, 7) is 1.74. The van der Waals surface area contributed by atoms with Crippen molar-refractivity contribution in [2.45, 2.75) is 0 Å². The number of benzene rings is 1. The number of carbonyl (C=O) groups excluding carboxylic acids is 1. The average Bonchev–Trinajstić information content (AvgIpc) is 2.56. The Morgan fingerprint density at radius 3 is 2.32 bits per heavy atom. The quantitative estimate of drug-likeness (QED) is 0.329. The number of hydrogen-bond donors (Lipinski definition) is 3. The number of nitrogens with one attached hydrogen (secondary N) is 3. The van der Waals surface area contributed by atoms with Crippen molar-refractivity contribution >= 4 is 46.7 Å². The van der Waals surface area contributed by atoms with Crippen LogP contribution in [0.1, 0.15) is 0 Å². The normalized spacial score (nSPS) is 11.2. The number of carbonyl (C=O) groups is 1. The maximum atomic E-state index is 11.6. The topological polar surface area (TPSA) is 84.0 Å². The molecule has 0 atom stereocenters. The molecule has 10 heteroatoms. The lowest BCUT2D eigenvalue weighted by Gasteiger charge is -2.13. The number of aliphatic imine (C=N–C) groups is 1. The van der Waals surface area contributed by atoms with Crippen molar-refractivity contribution in [1.29, 1.82) is 0 Å². The van der Waals surface area contributed by atoms with E-state index < -0.39 is 0 Å². The molecule has 140 valence electrons. The van der Waals surface area contributed by atoms with Crippen LogP contribution in [-0.4, -0.2) is 58.9 Å². The van der Waals surface area contributed by atoms with Gasteiger partial charge in [-0.25, -0.2) is 0 Å². The van der Waals surface area contributed by atoms with Gasteiger partial charge in [0.15, 0.2) is 11.7 Å². The predicted octanol–water partition coefficient (Wildman–Crippen LogP) is 1.95. The monoisotopic (exact) mass is 410 g/mol. The average molecular weight is 412 g/mol. The number of rotatable bonds is 9. The largest absolute Gasteiger partial charge is 0.489 e. The van der Waals surface area contributed by atoms with E-state index in [1.54, 1.807) is 26.3 Å². The molecule has 0 bridgehead atoms. The summed E-state index contributed by atoms with van der Waals surface area (Å²) in [5.74, 6) is 0.685. The second kappa shape index (κ2) is 12.0. The van der Waals surface area contributed by atoms with Crippen LogP contribution in [0.25, 0.3) is 0 Å². The van der Waals surface area contributed by atoms with Gasteiger partial charge in [0.2, 0.25) is 5.91 Å². The molecule has 1 aromatic rings. The molecule has 0 aliphatic heterocycles. The van der Waals surface area contributed by atoms with Gasteiger partial charge in [0.25, 0.3) is 0 Å². The van der Waals surface area contributed by atoms with Gasteiger partial charge < -0.3 is 25.4 Å². The molecule has 0 aliphatic rings. The van der Waals surface area contributed by atoms with Crippen LogP contribution in [0.3, 0.4) is 0 Å². The number of guanidine groups is 1. The van der Waals surface area contributed by atoms with Gasteiger partial charge in [-0.3, -0.25) is 9.79 Å². The third kappa shape index (κ3) is 8.49. The highest BCUT2D eigenvalue weighted by atomic mass is 35.5. The van der Waals surface area contributed by atoms with E-state index in [1.807, 2.05) is 0 Å². The lowest BCUT2D eigenvalue weighted by molar-refractivity contribution is -0.120. The molecule has 1 aromatic carbocycles. The Balaban J connectivity index is 2.31. The Hall–Kier alpha value is -1.41. The molecule has 0 aromatic heterocycles. The fourth-order valence-corrected chi connectivity index (χ4v) is 2.66. The van der Waals surface area contributed by atoms with E-state index in [-0.39, 0.29) is 12.5 Å². The van der Waals surface area contributed by atoms with Crippen molar-refractivity contribution in [2.24, 2.45) is 4.99 Å². The highest BCUT2D eigenvalue weighted by Gasteiger charge is 2.09. The number of hydrogen-bond acceptors (Lipinski definition) is 4. The van der Waals surface area contributed by atoms with Crippen LogP contribution in [0.15, 0.2) is 17.1 Å². The molecule has 0 saturated heterocycles. The van der Waals surface area contributed by atoms with Gasteiger partial charge in [-0.15, -0.1) is 0 Å². The Morgan fingerprint density at radius 1 is 1.08 bits per heavy atom. The zero-order chi connectivity index (χ0) is 18.7. The molecule has 1 rings (SSSR count). The van der Waals surface area contributed by atoms with Crippen molar-refractivity contribution in [2.75, 3.05) is 47.0 Å². The fourth-order valence-electron chi connectivity index (χ4n) is 1.73. The van der Waals surface area contributed by atoms with E-state index >= 15 is 0 Å². The van der Waals surface area contributed by atoms with Gasteiger partial charge >= 0.3 is 0 Å². The first kappa shape index (κ1) is 21.6. The van der Waals surface area contributed by atoms with Gasteiger partial charge in [-0.2, -0.15) is 0 Å². The fraction of sp³-hybridized carbons (Fsp3) is 0.467. The number of ether oxygens (including phenoxy) is 2. The maximum Gasteiger partial charge on any atom is 0.239 e. The molecule has 0 radical (unpaired) electrons. The summed E-state index contributed by atoms with van der Waals surface area (Å²) in [5, 5.41) is 9.71. The van der Waals surface area contributed by atoms with Crippen LogP contribution in [0.4, 0.5) is 0 Å². The van der Waals surface area contributed by atoms with Crippen LogP contribution in [-0.2, 0) is 9.53 Å². The Labute approximate surface area is 162 Å². The van der Waals surface area contributed by atoms with Gasteiger partial charge in [0.1, 0.15) is 6.61 Å². The highest BCUT2D eigenvalue weighted by Crippen LogP contribution is 2.35. The van der Waals surface area contributed by atoms with Crippen LogP contribution >= 0.6 is 34.8 Å². The van der Waals surface area contributed by atoms with Crippen LogP contribution in [0, 0.1) is 0 Å². The van der Waals surface area contributed by atoms with E-state index in [9.17, 15) is 4.79 Å². The molecule has 7 nitrogen and oxygen atoms in total. The van der Waals surface area contributed by atoms with Crippen LogP contribution in [0.2, 0.25) is 15.1 Å². The number of halogens is 3. The van der Waals surface area contributed by atoms with Crippen molar-refractivity contribution in [3.05, 3.63) is 27.2 Å². The molecular weight excluding hydrogens is 391 g/mol. The summed E-state index contributed by atoms with van der Waals surface area (Å²) in [4.78, 5) is 15.6. The Kier molecular flexibility index (Phi) is 10.4. The van der Waals surface area contributed by atoms with Crippen LogP contribution < -0.4 is 20.7 Å². The summed E-state index contributed by atoms with van der Waals surface area (Å²) >= 11 is 17.9. The summed E-state index contributed by atoms with van der Waals surface area (Å²) in [6, 6.07) is 3.11. The number of nitrogens with zero attached hydrogens (tertiary/aromatic N) is 1. The van der Waals surface area contributed by atoms with Crippen molar-refractivity contribution in [1.82, 2.24) is 16.0 Å². The highest BCUT2D eigenvalue weighted by molar-refractivity contribution is 6.40. The number of methoxy groups -OCH3 is 1. The van der Waals surface area contributed by atoms with Gasteiger partial charge in [0, 0.05) is 25.7 Å². The van der Waals surface area contributed by atoms with E-state index in [2.05, 4.69) is 20.9 Å². The standard InChI is InChI=1S/C15H21Cl3N4O3/c1-19-15(22-9-13(23)20-3-5-24-2)21-4-6-25-14-11(17)7-10(16)8-12(14)18/h7-8H,3-6,9H2,1-2H3,(H,20,23)(H2,19,21,22). The van der Waals surface area contributed by atoms with E-state index in [4.69, 9.17) is 44.3 Å². The molecule has 0 heterocycles. The second-order valence-electron chi connectivity index (χ2n) is 4.74. The first-order chi connectivity index (χ1) is 12.0. The molecule has 0 fully saturated rings. The molecule has 25 heavy (non-hydrogen) atoms. The molecule has 3 N–H and O–H groups in total. The minimum Gasteiger partial charge on any atom is -0.489 e. The zero-order valence-corrected chi connectivity index (χ0v) is 16.3. The molecule has 1 amide bonds. The summed E-state index contributed by atoms with van der Waals surface area (Å²) in [5.41, 5.74) is 0. The summed E-state index contributed by atoms with van der Waals surface area (Å²) in [6.07, 6.45) is 0. The molecule has 0 aliphatic carbocycles. The minimum atomic E-state index is -0.157. The van der Waals surface area contributed by atoms with Crippen molar-refractivity contribution < 1.29 is 14.3 Å². The predicted molar refractivity (Wildman–Crippen MR) is 101 cm³/mol. The maximum absolute atomic E-state index is 11.6. The van der Waals surface area contributed by atoms with Crippen molar-refractivity contribution in [3.8, 4) is 5.75 Å². The lowest BCUT2D eigenvalue weighted by Crippen LogP contribution is -2.44. The zero-order valence-electron chi connectivity index (χ0n) is 14.0. The van der Waals surface area contributed by atoms with Gasteiger partial charge in [-0.1, -0.05) is 34.8 Å². The second-order valence-corrected chi connectivity index (χ2v) is 5.99. The van der Waals surface area contributed by atoms with Gasteiger partial charge in [-0.05, 0) is 12.1 Å². The first-order valence-corrected chi connectivity index (χ1v) is 8.58. The summed E-state index contributed by atoms with van der Waals surface area (Å²) in [7, 11) is 3.18. The Bertz CT molecular complexity index is 576. The van der Waals surface area contributed by atoms with Crippen LogP contribution in [0.5, 0.6) is 5.75 Å².